The van der Waals surface area contributed by atoms with Gasteiger partial charge in [0.25, 0.3) is 0 Å². The predicted octanol–water partition coefficient (Wildman–Crippen LogP) is 2.82. The van der Waals surface area contributed by atoms with Gasteiger partial charge in [-0.2, -0.15) is 0 Å². The van der Waals surface area contributed by atoms with Crippen LogP contribution in [0.4, 0.5) is 0 Å². The maximum atomic E-state index is 9.58. The Morgan fingerprint density at radius 2 is 1.67 bits per heavy atom. The van der Waals surface area contributed by atoms with Crippen LogP contribution in [0, 0.1) is 0 Å². The van der Waals surface area contributed by atoms with Crippen molar-refractivity contribution in [3.05, 3.63) is 59.2 Å². The van der Waals surface area contributed by atoms with Gasteiger partial charge in [0.05, 0.1) is 19.8 Å². The lowest BCUT2D eigenvalue weighted by atomic mass is 10.1. The zero-order valence-electron chi connectivity index (χ0n) is 12.2. The van der Waals surface area contributed by atoms with Crippen molar-refractivity contribution in [2.75, 3.05) is 7.11 Å². The highest BCUT2D eigenvalue weighted by atomic mass is 16.5. The van der Waals surface area contributed by atoms with Crippen LogP contribution in [-0.4, -0.2) is 17.3 Å². The summed E-state index contributed by atoms with van der Waals surface area (Å²) in [5.74, 6) is 1.23. The van der Waals surface area contributed by atoms with Crippen molar-refractivity contribution in [3.63, 3.8) is 0 Å². The van der Waals surface area contributed by atoms with Crippen LogP contribution in [-0.2, 0) is 13.2 Å². The van der Waals surface area contributed by atoms with E-state index >= 15 is 0 Å². The molecular formula is C17H20O4. The van der Waals surface area contributed by atoms with Crippen LogP contribution in [0.3, 0.4) is 0 Å². The number of ether oxygens (including phenoxy) is 2. The zero-order chi connectivity index (χ0) is 15.2. The lowest BCUT2D eigenvalue weighted by Gasteiger charge is -2.13. The minimum absolute atomic E-state index is 0.0375. The average molecular weight is 288 g/mol. The molecule has 0 aliphatic rings. The van der Waals surface area contributed by atoms with Gasteiger partial charge in [-0.3, -0.25) is 0 Å². The fourth-order valence-corrected chi connectivity index (χ4v) is 1.97. The molecule has 2 aromatic carbocycles. The molecule has 0 amide bonds. The Morgan fingerprint density at radius 1 is 1.00 bits per heavy atom. The van der Waals surface area contributed by atoms with Crippen LogP contribution in [0.2, 0.25) is 0 Å². The van der Waals surface area contributed by atoms with Gasteiger partial charge < -0.3 is 19.7 Å². The van der Waals surface area contributed by atoms with Crippen LogP contribution >= 0.6 is 0 Å². The van der Waals surface area contributed by atoms with E-state index in [4.69, 9.17) is 14.6 Å². The number of benzene rings is 2. The van der Waals surface area contributed by atoms with Gasteiger partial charge in [0.15, 0.2) is 11.5 Å². The molecule has 112 valence electrons. The average Bonchev–Trinajstić information content (AvgIpc) is 2.53. The van der Waals surface area contributed by atoms with Crippen LogP contribution < -0.4 is 9.47 Å². The van der Waals surface area contributed by atoms with Crippen molar-refractivity contribution < 1.29 is 19.7 Å². The standard InChI is InChI=1S/C17H20O4/c1-12(19)15-7-8-16(17(9-15)20-2)21-11-14-5-3-13(10-18)4-6-14/h3-9,12,18-19H,10-11H2,1-2H3/t12-/m0/s1. The van der Waals surface area contributed by atoms with E-state index in [1.165, 1.54) is 0 Å². The third kappa shape index (κ3) is 3.97. The van der Waals surface area contributed by atoms with Gasteiger partial charge in [-0.25, -0.2) is 0 Å². The Balaban J connectivity index is 2.08. The van der Waals surface area contributed by atoms with Gasteiger partial charge in [-0.1, -0.05) is 30.3 Å². The molecule has 4 nitrogen and oxygen atoms in total. The third-order valence-electron chi connectivity index (χ3n) is 3.27. The van der Waals surface area contributed by atoms with Crippen molar-refractivity contribution in [1.82, 2.24) is 0 Å². The minimum atomic E-state index is -0.543. The predicted molar refractivity (Wildman–Crippen MR) is 80.3 cm³/mol. The third-order valence-corrected chi connectivity index (χ3v) is 3.27. The van der Waals surface area contributed by atoms with Crippen LogP contribution in [0.15, 0.2) is 42.5 Å². The maximum absolute atomic E-state index is 9.58. The van der Waals surface area contributed by atoms with Gasteiger partial charge in [0, 0.05) is 0 Å². The van der Waals surface area contributed by atoms with Crippen molar-refractivity contribution in [2.45, 2.75) is 26.2 Å². The summed E-state index contributed by atoms with van der Waals surface area (Å²) in [6.45, 7) is 2.16. The number of hydrogen-bond donors (Lipinski definition) is 2. The van der Waals surface area contributed by atoms with E-state index < -0.39 is 6.10 Å². The lowest BCUT2D eigenvalue weighted by molar-refractivity contribution is 0.198. The smallest absolute Gasteiger partial charge is 0.161 e. The molecule has 1 atom stereocenters. The highest BCUT2D eigenvalue weighted by molar-refractivity contribution is 5.43. The molecule has 2 N–H and O–H groups in total. The van der Waals surface area contributed by atoms with E-state index in [0.29, 0.717) is 18.1 Å². The zero-order valence-corrected chi connectivity index (χ0v) is 12.2. The number of methoxy groups -OCH3 is 1. The molecule has 0 spiro atoms. The van der Waals surface area contributed by atoms with Gasteiger partial charge in [0.1, 0.15) is 6.61 Å². The number of aliphatic hydroxyl groups is 2. The first-order valence-electron chi connectivity index (χ1n) is 6.81. The fraction of sp³-hybridized carbons (Fsp3) is 0.294. The molecule has 21 heavy (non-hydrogen) atoms. The molecule has 0 unspecified atom stereocenters. The highest BCUT2D eigenvalue weighted by Gasteiger charge is 2.09. The summed E-state index contributed by atoms with van der Waals surface area (Å²) < 4.78 is 11.0. The highest BCUT2D eigenvalue weighted by Crippen LogP contribution is 2.30. The topological polar surface area (TPSA) is 58.9 Å². The molecule has 4 heteroatoms. The maximum Gasteiger partial charge on any atom is 0.161 e. The molecule has 0 aliphatic carbocycles. The second kappa shape index (κ2) is 7.11. The summed E-state index contributed by atoms with van der Waals surface area (Å²) in [6, 6.07) is 13.0. The van der Waals surface area contributed by atoms with Crippen LogP contribution in [0.25, 0.3) is 0 Å². The fourth-order valence-electron chi connectivity index (χ4n) is 1.97. The van der Waals surface area contributed by atoms with Crippen LogP contribution in [0.1, 0.15) is 29.7 Å². The second-order valence-corrected chi connectivity index (χ2v) is 4.85. The Bertz CT molecular complexity index is 576. The number of aliphatic hydroxyl groups excluding tert-OH is 2. The van der Waals surface area contributed by atoms with E-state index in [0.717, 1.165) is 16.7 Å². The van der Waals surface area contributed by atoms with Gasteiger partial charge >= 0.3 is 0 Å². The largest absolute Gasteiger partial charge is 0.493 e. The molecule has 0 aromatic heterocycles. The summed E-state index contributed by atoms with van der Waals surface area (Å²) in [5.41, 5.74) is 2.66. The molecule has 0 fully saturated rings. The summed E-state index contributed by atoms with van der Waals surface area (Å²) in [6.07, 6.45) is -0.543. The molecule has 0 heterocycles. The van der Waals surface area contributed by atoms with Crippen molar-refractivity contribution in [1.29, 1.82) is 0 Å². The normalized spacial score (nSPS) is 12.0. The Labute approximate surface area is 124 Å². The first-order chi connectivity index (χ1) is 10.1. The van der Waals surface area contributed by atoms with Gasteiger partial charge in [-0.15, -0.1) is 0 Å². The van der Waals surface area contributed by atoms with Gasteiger partial charge in [-0.05, 0) is 35.7 Å². The Hall–Kier alpha value is -2.04. The molecular weight excluding hydrogens is 268 g/mol. The molecule has 0 aliphatic heterocycles. The first-order valence-corrected chi connectivity index (χ1v) is 6.81. The molecule has 0 saturated heterocycles. The van der Waals surface area contributed by atoms with Crippen molar-refractivity contribution in [2.24, 2.45) is 0 Å². The van der Waals surface area contributed by atoms with Crippen LogP contribution in [0.5, 0.6) is 11.5 Å². The lowest BCUT2D eigenvalue weighted by Crippen LogP contribution is -1.99. The Kier molecular flexibility index (Phi) is 5.20. The SMILES string of the molecule is COc1cc([C@H](C)O)ccc1OCc1ccc(CO)cc1. The van der Waals surface area contributed by atoms with E-state index in [1.54, 1.807) is 26.2 Å². The molecule has 2 aromatic rings. The summed E-state index contributed by atoms with van der Waals surface area (Å²) >= 11 is 0. The van der Waals surface area contributed by atoms with E-state index in [2.05, 4.69) is 0 Å². The summed E-state index contributed by atoms with van der Waals surface area (Å²) in [4.78, 5) is 0. The molecule has 2 rings (SSSR count). The first kappa shape index (κ1) is 15.4. The summed E-state index contributed by atoms with van der Waals surface area (Å²) in [7, 11) is 1.57. The molecule has 0 radical (unpaired) electrons. The van der Waals surface area contributed by atoms with Gasteiger partial charge in [0.2, 0.25) is 0 Å². The second-order valence-electron chi connectivity index (χ2n) is 4.85. The summed E-state index contributed by atoms with van der Waals surface area (Å²) in [5, 5.41) is 18.6. The monoisotopic (exact) mass is 288 g/mol. The quantitative estimate of drug-likeness (QED) is 0.858. The minimum Gasteiger partial charge on any atom is -0.493 e. The Morgan fingerprint density at radius 3 is 2.24 bits per heavy atom. The molecule has 0 saturated carbocycles. The molecule has 0 bridgehead atoms. The van der Waals surface area contributed by atoms with Crippen molar-refractivity contribution >= 4 is 0 Å². The van der Waals surface area contributed by atoms with E-state index in [9.17, 15) is 5.11 Å². The van der Waals surface area contributed by atoms with E-state index in [-0.39, 0.29) is 6.61 Å². The van der Waals surface area contributed by atoms with E-state index in [1.807, 2.05) is 30.3 Å². The number of rotatable bonds is 6. The van der Waals surface area contributed by atoms with Crippen molar-refractivity contribution in [3.8, 4) is 11.5 Å². The number of hydrogen-bond acceptors (Lipinski definition) is 4.